The number of nitro benzene ring substituents is 1. The molecule has 1 aromatic heterocycles. The Hall–Kier alpha value is -4.79. The van der Waals surface area contributed by atoms with Crippen molar-refractivity contribution in [2.75, 3.05) is 0 Å². The van der Waals surface area contributed by atoms with Crippen LogP contribution in [-0.2, 0) is 6.61 Å². The first-order chi connectivity index (χ1) is 16.5. The maximum Gasteiger partial charge on any atom is 0.289 e. The molecule has 0 radical (unpaired) electrons. The monoisotopic (exact) mass is 455 g/mol. The summed E-state index contributed by atoms with van der Waals surface area (Å²) < 4.78 is 5.82. The Morgan fingerprint density at radius 2 is 1.88 bits per heavy atom. The van der Waals surface area contributed by atoms with Gasteiger partial charge in [-0.2, -0.15) is 10.2 Å². The molecule has 0 saturated heterocycles. The van der Waals surface area contributed by atoms with Crippen LogP contribution in [-0.4, -0.2) is 27.2 Å². The summed E-state index contributed by atoms with van der Waals surface area (Å²) in [5.74, 6) is 0.242. The van der Waals surface area contributed by atoms with Crippen LogP contribution in [0.4, 0.5) is 5.69 Å². The number of carbonyl (C=O) groups is 1. The van der Waals surface area contributed by atoms with Crippen molar-refractivity contribution in [1.82, 2.24) is 15.6 Å². The van der Waals surface area contributed by atoms with Crippen molar-refractivity contribution in [2.24, 2.45) is 5.10 Å². The van der Waals surface area contributed by atoms with Crippen LogP contribution in [0.1, 0.15) is 27.2 Å². The molecule has 0 atom stereocenters. The quantitative estimate of drug-likeness (QED) is 0.228. The summed E-state index contributed by atoms with van der Waals surface area (Å²) in [5, 5.41) is 21.6. The van der Waals surface area contributed by atoms with Gasteiger partial charge in [0.15, 0.2) is 0 Å². The summed E-state index contributed by atoms with van der Waals surface area (Å²) in [6.45, 7) is 2.52. The Morgan fingerprint density at radius 1 is 1.12 bits per heavy atom. The maximum absolute atomic E-state index is 12.3. The maximum atomic E-state index is 12.3. The summed E-state index contributed by atoms with van der Waals surface area (Å²) in [4.78, 5) is 22.7. The lowest BCUT2D eigenvalue weighted by molar-refractivity contribution is -0.384. The number of hydrazone groups is 1. The smallest absolute Gasteiger partial charge is 0.289 e. The van der Waals surface area contributed by atoms with Crippen LogP contribution >= 0.6 is 0 Å². The summed E-state index contributed by atoms with van der Waals surface area (Å²) >= 11 is 0. The van der Waals surface area contributed by atoms with Gasteiger partial charge in [0.05, 0.1) is 16.8 Å². The highest BCUT2D eigenvalue weighted by molar-refractivity contribution is 5.94. The van der Waals surface area contributed by atoms with E-state index in [4.69, 9.17) is 4.74 Å². The van der Waals surface area contributed by atoms with E-state index in [1.807, 2.05) is 55.5 Å². The number of aromatic nitrogens is 2. The van der Waals surface area contributed by atoms with Gasteiger partial charge in [0.25, 0.3) is 11.6 Å². The van der Waals surface area contributed by atoms with E-state index in [1.54, 1.807) is 18.2 Å². The van der Waals surface area contributed by atoms with Crippen LogP contribution in [0.3, 0.4) is 0 Å². The van der Waals surface area contributed by atoms with E-state index in [0.717, 1.165) is 16.9 Å². The topological polar surface area (TPSA) is 123 Å². The fourth-order valence-corrected chi connectivity index (χ4v) is 3.10. The minimum Gasteiger partial charge on any atom is -0.489 e. The van der Waals surface area contributed by atoms with E-state index in [1.165, 1.54) is 23.9 Å². The SMILES string of the molecule is Cc1ccc(COc2ccc(-c3cc(C(=O)NN=Cc4cccc([N+](=O)[O-])c4)[nH]n3)cc2)cc1. The molecule has 0 fully saturated rings. The molecular weight excluding hydrogens is 434 g/mol. The van der Waals surface area contributed by atoms with Gasteiger partial charge >= 0.3 is 0 Å². The molecule has 0 aliphatic rings. The van der Waals surface area contributed by atoms with Crippen molar-refractivity contribution in [3.63, 3.8) is 0 Å². The summed E-state index contributed by atoms with van der Waals surface area (Å²) in [6, 6.07) is 23.1. The first kappa shape index (κ1) is 22.4. The van der Waals surface area contributed by atoms with E-state index in [9.17, 15) is 14.9 Å². The number of amides is 1. The third-order valence-electron chi connectivity index (χ3n) is 4.96. The fourth-order valence-electron chi connectivity index (χ4n) is 3.10. The number of benzene rings is 3. The number of hydrogen-bond acceptors (Lipinski definition) is 6. The second kappa shape index (κ2) is 10.2. The average Bonchev–Trinajstić information content (AvgIpc) is 3.35. The molecule has 4 rings (SSSR count). The number of non-ortho nitro benzene ring substituents is 1. The largest absolute Gasteiger partial charge is 0.489 e. The molecule has 34 heavy (non-hydrogen) atoms. The molecule has 0 aliphatic carbocycles. The molecule has 2 N–H and O–H groups in total. The van der Waals surface area contributed by atoms with Gasteiger partial charge in [-0.05, 0) is 42.8 Å². The van der Waals surface area contributed by atoms with Gasteiger partial charge in [-0.3, -0.25) is 20.0 Å². The van der Waals surface area contributed by atoms with Gasteiger partial charge in [0.1, 0.15) is 18.1 Å². The Labute approximate surface area is 195 Å². The van der Waals surface area contributed by atoms with Crippen molar-refractivity contribution < 1.29 is 14.5 Å². The Kier molecular flexibility index (Phi) is 6.73. The van der Waals surface area contributed by atoms with E-state index in [-0.39, 0.29) is 11.4 Å². The molecule has 9 heteroatoms. The number of aryl methyl sites for hydroxylation is 1. The minimum atomic E-state index is -0.495. The third kappa shape index (κ3) is 5.71. The lowest BCUT2D eigenvalue weighted by Gasteiger charge is -2.07. The summed E-state index contributed by atoms with van der Waals surface area (Å²) in [6.07, 6.45) is 1.33. The number of hydrogen-bond donors (Lipinski definition) is 2. The van der Waals surface area contributed by atoms with Crippen LogP contribution in [0, 0.1) is 17.0 Å². The van der Waals surface area contributed by atoms with Crippen molar-refractivity contribution in [3.8, 4) is 17.0 Å². The minimum absolute atomic E-state index is 0.0555. The lowest BCUT2D eigenvalue weighted by Crippen LogP contribution is -2.18. The van der Waals surface area contributed by atoms with Crippen molar-refractivity contribution in [1.29, 1.82) is 0 Å². The van der Waals surface area contributed by atoms with E-state index in [0.29, 0.717) is 17.9 Å². The lowest BCUT2D eigenvalue weighted by atomic mass is 10.1. The first-order valence-corrected chi connectivity index (χ1v) is 10.4. The zero-order valence-electron chi connectivity index (χ0n) is 18.3. The van der Waals surface area contributed by atoms with Crippen molar-refractivity contribution >= 4 is 17.8 Å². The van der Waals surface area contributed by atoms with Crippen molar-refractivity contribution in [3.05, 3.63) is 111 Å². The number of ether oxygens (including phenoxy) is 1. The highest BCUT2D eigenvalue weighted by atomic mass is 16.6. The van der Waals surface area contributed by atoms with Gasteiger partial charge in [0.2, 0.25) is 0 Å². The number of nitrogens with one attached hydrogen (secondary N) is 2. The predicted molar refractivity (Wildman–Crippen MR) is 128 cm³/mol. The van der Waals surface area contributed by atoms with Crippen molar-refractivity contribution in [2.45, 2.75) is 13.5 Å². The number of H-pyrrole nitrogens is 1. The zero-order valence-corrected chi connectivity index (χ0v) is 18.3. The number of nitro groups is 1. The standard InChI is InChI=1S/C25H21N5O4/c1-17-5-7-18(8-6-17)16-34-22-11-9-20(10-12-22)23-14-24(28-27-23)25(31)29-26-15-19-3-2-4-21(13-19)30(32)33/h2-15H,16H2,1H3,(H,27,28)(H,29,31). The molecule has 170 valence electrons. The molecule has 0 saturated carbocycles. The molecule has 3 aromatic carbocycles. The van der Waals surface area contributed by atoms with E-state index >= 15 is 0 Å². The molecule has 0 spiro atoms. The second-order valence-corrected chi connectivity index (χ2v) is 7.52. The molecule has 9 nitrogen and oxygen atoms in total. The first-order valence-electron chi connectivity index (χ1n) is 10.4. The molecule has 4 aromatic rings. The van der Waals surface area contributed by atoms with Gasteiger partial charge in [-0.1, -0.05) is 42.0 Å². The Balaban J connectivity index is 1.34. The number of rotatable bonds is 8. The normalized spacial score (nSPS) is 10.9. The van der Waals surface area contributed by atoms with Gasteiger partial charge in [0, 0.05) is 23.3 Å². The molecule has 0 bridgehead atoms. The summed E-state index contributed by atoms with van der Waals surface area (Å²) in [7, 11) is 0. The number of nitrogens with zero attached hydrogens (tertiary/aromatic N) is 3. The van der Waals surface area contributed by atoms with Crippen LogP contribution in [0.15, 0.2) is 84.0 Å². The van der Waals surface area contributed by atoms with Gasteiger partial charge in [-0.25, -0.2) is 5.43 Å². The highest BCUT2D eigenvalue weighted by Crippen LogP contribution is 2.22. The fraction of sp³-hybridized carbons (Fsp3) is 0.0800. The van der Waals surface area contributed by atoms with Crippen LogP contribution in [0.25, 0.3) is 11.3 Å². The second-order valence-electron chi connectivity index (χ2n) is 7.52. The van der Waals surface area contributed by atoms with Crippen LogP contribution < -0.4 is 10.2 Å². The van der Waals surface area contributed by atoms with Gasteiger partial charge in [-0.15, -0.1) is 0 Å². The molecule has 1 heterocycles. The Morgan fingerprint density at radius 3 is 2.62 bits per heavy atom. The Bertz CT molecular complexity index is 1330. The third-order valence-corrected chi connectivity index (χ3v) is 4.96. The summed E-state index contributed by atoms with van der Waals surface area (Å²) in [5.41, 5.74) is 6.74. The van der Waals surface area contributed by atoms with E-state index in [2.05, 4.69) is 20.7 Å². The number of aromatic amines is 1. The molecular formula is C25H21N5O4. The van der Waals surface area contributed by atoms with E-state index < -0.39 is 10.8 Å². The number of carbonyl (C=O) groups excluding carboxylic acids is 1. The average molecular weight is 455 g/mol. The highest BCUT2D eigenvalue weighted by Gasteiger charge is 2.11. The van der Waals surface area contributed by atoms with Gasteiger partial charge < -0.3 is 4.74 Å². The van der Waals surface area contributed by atoms with Crippen LogP contribution in [0.5, 0.6) is 5.75 Å². The molecule has 0 aliphatic heterocycles. The molecule has 1 amide bonds. The molecule has 0 unspecified atom stereocenters. The predicted octanol–water partition coefficient (Wildman–Crippen LogP) is 4.64. The zero-order chi connectivity index (χ0) is 23.9. The van der Waals surface area contributed by atoms with Crippen LogP contribution in [0.2, 0.25) is 0 Å².